The number of rotatable bonds is 1. The van der Waals surface area contributed by atoms with Crippen molar-refractivity contribution in [2.24, 2.45) is 28.6 Å². The van der Waals surface area contributed by atoms with Gasteiger partial charge in [0.05, 0.1) is 6.10 Å². The second-order valence-electron chi connectivity index (χ2n) is 10.5. The van der Waals surface area contributed by atoms with Crippen LogP contribution in [0.15, 0.2) is 17.7 Å². The lowest BCUT2D eigenvalue weighted by Gasteiger charge is -2.58. The highest BCUT2D eigenvalue weighted by Gasteiger charge is 2.59. The van der Waals surface area contributed by atoms with E-state index in [9.17, 15) is 18.3 Å². The molecule has 0 bridgehead atoms. The van der Waals surface area contributed by atoms with Gasteiger partial charge in [0.1, 0.15) is 0 Å². The average Bonchev–Trinajstić information content (AvgIpc) is 3.26. The lowest BCUT2D eigenvalue weighted by molar-refractivity contribution is -0.141. The van der Waals surface area contributed by atoms with Crippen molar-refractivity contribution in [1.29, 1.82) is 0 Å². The van der Waals surface area contributed by atoms with E-state index in [2.05, 4.69) is 30.1 Å². The molecule has 3 nitrogen and oxygen atoms in total. The fourth-order valence-electron chi connectivity index (χ4n) is 7.81. The van der Waals surface area contributed by atoms with E-state index in [1.54, 1.807) is 0 Å². The van der Waals surface area contributed by atoms with Gasteiger partial charge in [0.25, 0.3) is 0 Å². The highest BCUT2D eigenvalue weighted by molar-refractivity contribution is 5.27. The second-order valence-corrected chi connectivity index (χ2v) is 10.5. The third-order valence-corrected chi connectivity index (χ3v) is 9.34. The fraction of sp³-hybridized carbons (Fsp3) is 0.783. The first-order valence-corrected chi connectivity index (χ1v) is 11.1. The molecule has 4 aliphatic carbocycles. The first kappa shape index (κ1) is 19.7. The molecule has 7 atom stereocenters. The van der Waals surface area contributed by atoms with Crippen LogP contribution < -0.4 is 0 Å². The zero-order chi connectivity index (χ0) is 20.6. The summed E-state index contributed by atoms with van der Waals surface area (Å²) in [5, 5.41) is 16.4. The van der Waals surface area contributed by atoms with E-state index in [4.69, 9.17) is 0 Å². The lowest BCUT2D eigenvalue weighted by Crippen LogP contribution is -2.50. The Morgan fingerprint density at radius 3 is 2.62 bits per heavy atom. The largest absolute Gasteiger partial charge is 0.435 e. The Kier molecular flexibility index (Phi) is 4.30. The molecule has 0 amide bonds. The summed E-state index contributed by atoms with van der Waals surface area (Å²) in [6, 6.07) is 1.24. The summed E-state index contributed by atoms with van der Waals surface area (Å²) < 4.78 is 39.2. The number of nitrogens with one attached hydrogen (secondary N) is 1. The van der Waals surface area contributed by atoms with Crippen molar-refractivity contribution in [3.05, 3.63) is 29.1 Å². The molecule has 6 heteroatoms. The third-order valence-electron chi connectivity index (χ3n) is 9.34. The zero-order valence-corrected chi connectivity index (χ0v) is 17.2. The minimum Gasteiger partial charge on any atom is -0.393 e. The molecule has 5 rings (SSSR count). The van der Waals surface area contributed by atoms with Gasteiger partial charge in [0.15, 0.2) is 5.69 Å². The minimum absolute atomic E-state index is 0.0342. The van der Waals surface area contributed by atoms with Crippen molar-refractivity contribution in [2.45, 2.75) is 83.4 Å². The number of halogens is 3. The maximum absolute atomic E-state index is 13.1. The number of aromatic amines is 1. The Hall–Kier alpha value is -1.30. The number of aliphatic hydroxyl groups is 1. The van der Waals surface area contributed by atoms with Crippen LogP contribution in [-0.2, 0) is 6.18 Å². The molecule has 1 aromatic rings. The van der Waals surface area contributed by atoms with Crippen molar-refractivity contribution in [1.82, 2.24) is 10.2 Å². The molecule has 0 aliphatic heterocycles. The number of H-pyrrole nitrogens is 1. The molecule has 0 spiro atoms. The molecule has 0 unspecified atom stereocenters. The maximum Gasteiger partial charge on any atom is 0.435 e. The van der Waals surface area contributed by atoms with E-state index >= 15 is 0 Å². The fourth-order valence-corrected chi connectivity index (χ4v) is 7.81. The monoisotopic (exact) mass is 408 g/mol. The molecule has 0 saturated heterocycles. The van der Waals surface area contributed by atoms with Crippen molar-refractivity contribution in [2.75, 3.05) is 0 Å². The van der Waals surface area contributed by atoms with Gasteiger partial charge in [0, 0.05) is 11.6 Å². The topological polar surface area (TPSA) is 48.9 Å². The lowest BCUT2D eigenvalue weighted by atomic mass is 9.47. The van der Waals surface area contributed by atoms with Crippen LogP contribution >= 0.6 is 0 Å². The Labute approximate surface area is 170 Å². The van der Waals surface area contributed by atoms with Gasteiger partial charge in [-0.3, -0.25) is 5.10 Å². The summed E-state index contributed by atoms with van der Waals surface area (Å²) in [6.45, 7) is 4.72. The quantitative estimate of drug-likeness (QED) is 0.574. The predicted octanol–water partition coefficient (Wildman–Crippen LogP) is 5.84. The summed E-state index contributed by atoms with van der Waals surface area (Å²) in [6.07, 6.45) is 5.87. The van der Waals surface area contributed by atoms with Gasteiger partial charge in [0.2, 0.25) is 0 Å². The number of alkyl halides is 3. The van der Waals surface area contributed by atoms with E-state index in [0.717, 1.165) is 51.4 Å². The van der Waals surface area contributed by atoms with Crippen LogP contribution in [0.5, 0.6) is 0 Å². The van der Waals surface area contributed by atoms with E-state index in [0.29, 0.717) is 23.4 Å². The van der Waals surface area contributed by atoms with Crippen molar-refractivity contribution >= 4 is 0 Å². The van der Waals surface area contributed by atoms with Crippen LogP contribution in [0.25, 0.3) is 0 Å². The van der Waals surface area contributed by atoms with Crippen LogP contribution in [-0.4, -0.2) is 21.4 Å². The molecular weight excluding hydrogens is 377 g/mol. The van der Waals surface area contributed by atoms with Gasteiger partial charge in [-0.25, -0.2) is 0 Å². The third kappa shape index (κ3) is 2.84. The van der Waals surface area contributed by atoms with E-state index in [-0.39, 0.29) is 22.9 Å². The normalized spacial score (nSPS) is 44.6. The number of fused-ring (bicyclic) bond motifs is 5. The van der Waals surface area contributed by atoms with Gasteiger partial charge >= 0.3 is 6.18 Å². The number of hydrogen-bond donors (Lipinski definition) is 2. The highest BCUT2D eigenvalue weighted by Crippen LogP contribution is 2.67. The first-order chi connectivity index (χ1) is 13.6. The number of nitrogens with zero attached hydrogens (tertiary/aromatic N) is 1. The van der Waals surface area contributed by atoms with Gasteiger partial charge in [-0.05, 0) is 86.0 Å². The summed E-state index contributed by atoms with van der Waals surface area (Å²) >= 11 is 0. The van der Waals surface area contributed by atoms with E-state index < -0.39 is 11.9 Å². The Bertz CT molecular complexity index is 830. The molecule has 0 aromatic carbocycles. The van der Waals surface area contributed by atoms with E-state index in [1.807, 2.05) is 0 Å². The number of allylic oxidation sites excluding steroid dienone is 1. The zero-order valence-electron chi connectivity index (χ0n) is 17.2. The van der Waals surface area contributed by atoms with Gasteiger partial charge < -0.3 is 5.11 Å². The van der Waals surface area contributed by atoms with Crippen LogP contribution in [0.2, 0.25) is 0 Å². The van der Waals surface area contributed by atoms with Crippen LogP contribution in [0, 0.1) is 28.6 Å². The Balaban J connectivity index is 1.43. The minimum atomic E-state index is -4.39. The van der Waals surface area contributed by atoms with Crippen molar-refractivity contribution < 1.29 is 18.3 Å². The summed E-state index contributed by atoms with van der Waals surface area (Å²) in [5.74, 6) is 1.92. The standard InChI is InChI=1S/C23H31F3N2O/c1-21-9-7-14(29)11-13(21)3-4-15-16-5-6-18(22(16,2)10-8-17(15)21)19-12-20(28-27-19)23(24,25)26/h3,12,14-18,29H,4-11H2,1-2H3,(H,27,28)/t14-,15-,16-,17-,18+,21-,22-/m0/s1. The van der Waals surface area contributed by atoms with Crippen LogP contribution in [0.1, 0.15) is 82.5 Å². The second kappa shape index (κ2) is 6.35. The molecule has 0 radical (unpaired) electrons. The number of hydrogen-bond acceptors (Lipinski definition) is 2. The highest BCUT2D eigenvalue weighted by atomic mass is 19.4. The van der Waals surface area contributed by atoms with Crippen molar-refractivity contribution in [3.63, 3.8) is 0 Å². The van der Waals surface area contributed by atoms with Gasteiger partial charge in [-0.2, -0.15) is 18.3 Å². The molecule has 1 aromatic heterocycles. The van der Waals surface area contributed by atoms with Gasteiger partial charge in [-0.1, -0.05) is 25.5 Å². The molecule has 160 valence electrons. The van der Waals surface area contributed by atoms with Gasteiger partial charge in [-0.15, -0.1) is 0 Å². The van der Waals surface area contributed by atoms with Crippen LogP contribution in [0.4, 0.5) is 13.2 Å². The smallest absolute Gasteiger partial charge is 0.393 e. The SMILES string of the molecule is C[C@]12CC[C@H]3[C@@H](CC=C4C[C@@H](O)CC[C@@]43C)[C@@H]1CC[C@@H]2c1cc(C(F)(F)F)n[nH]1. The molecule has 29 heavy (non-hydrogen) atoms. The summed E-state index contributed by atoms with van der Waals surface area (Å²) in [7, 11) is 0. The number of aliphatic hydroxyl groups excluding tert-OH is 1. The Morgan fingerprint density at radius 1 is 1.10 bits per heavy atom. The Morgan fingerprint density at radius 2 is 1.90 bits per heavy atom. The molecular formula is C23H31F3N2O. The summed E-state index contributed by atoms with van der Waals surface area (Å²) in [5.41, 5.74) is 1.55. The first-order valence-electron chi connectivity index (χ1n) is 11.1. The van der Waals surface area contributed by atoms with E-state index in [1.165, 1.54) is 11.6 Å². The molecule has 2 N–H and O–H groups in total. The van der Waals surface area contributed by atoms with Crippen molar-refractivity contribution in [3.8, 4) is 0 Å². The summed E-state index contributed by atoms with van der Waals surface area (Å²) in [4.78, 5) is 0. The maximum atomic E-state index is 13.1. The molecule has 3 saturated carbocycles. The average molecular weight is 409 g/mol. The number of aromatic nitrogens is 2. The molecule has 3 fully saturated rings. The molecule has 4 aliphatic rings. The molecule has 1 heterocycles. The predicted molar refractivity (Wildman–Crippen MR) is 104 cm³/mol. The van der Waals surface area contributed by atoms with Crippen LogP contribution in [0.3, 0.4) is 0 Å².